The molecule has 1 heterocycles. The van der Waals surface area contributed by atoms with Crippen molar-refractivity contribution in [3.63, 3.8) is 0 Å². The summed E-state index contributed by atoms with van der Waals surface area (Å²) in [5.41, 5.74) is 5.12. The standard InChI is InChI=1S/C13H12F3N3OS/c1-19(11(20)10-6-18-12(17)21-10)7-8-3-2-4-9(5-8)13(14,15)16/h2-6H,7H2,1H3,(H2,17,18). The Hall–Kier alpha value is -2.09. The van der Waals surface area contributed by atoms with E-state index in [-0.39, 0.29) is 17.6 Å². The SMILES string of the molecule is CN(Cc1cccc(C(F)(F)F)c1)C(=O)c1cnc(N)s1. The summed E-state index contributed by atoms with van der Waals surface area (Å²) >= 11 is 1.04. The van der Waals surface area contributed by atoms with E-state index in [1.165, 1.54) is 24.2 Å². The predicted octanol–water partition coefficient (Wildman–Crippen LogP) is 3.02. The summed E-state index contributed by atoms with van der Waals surface area (Å²) < 4.78 is 37.9. The molecule has 0 aliphatic heterocycles. The van der Waals surface area contributed by atoms with Crippen LogP contribution in [0, 0.1) is 0 Å². The number of anilines is 1. The zero-order chi connectivity index (χ0) is 15.6. The van der Waals surface area contributed by atoms with Gasteiger partial charge in [-0.2, -0.15) is 13.2 Å². The second kappa shape index (κ2) is 5.72. The third kappa shape index (κ3) is 3.72. The molecule has 0 aliphatic carbocycles. The largest absolute Gasteiger partial charge is 0.416 e. The fourth-order valence-electron chi connectivity index (χ4n) is 1.77. The number of halogens is 3. The highest BCUT2D eigenvalue weighted by molar-refractivity contribution is 7.17. The summed E-state index contributed by atoms with van der Waals surface area (Å²) in [5, 5.41) is 0.269. The van der Waals surface area contributed by atoms with Crippen LogP contribution in [-0.4, -0.2) is 22.8 Å². The lowest BCUT2D eigenvalue weighted by Gasteiger charge is -2.17. The molecular weight excluding hydrogens is 303 g/mol. The molecule has 0 spiro atoms. The number of hydrogen-bond donors (Lipinski definition) is 1. The number of nitrogen functional groups attached to an aromatic ring is 1. The molecule has 0 atom stereocenters. The van der Waals surface area contributed by atoms with Crippen LogP contribution in [0.5, 0.6) is 0 Å². The Morgan fingerprint density at radius 3 is 2.71 bits per heavy atom. The summed E-state index contributed by atoms with van der Waals surface area (Å²) in [4.78, 5) is 17.5. The summed E-state index contributed by atoms with van der Waals surface area (Å²) in [6, 6.07) is 4.89. The molecule has 112 valence electrons. The van der Waals surface area contributed by atoms with Crippen LogP contribution in [0.25, 0.3) is 0 Å². The van der Waals surface area contributed by atoms with Crippen LogP contribution < -0.4 is 5.73 Å². The minimum absolute atomic E-state index is 0.0700. The van der Waals surface area contributed by atoms with E-state index in [0.717, 1.165) is 23.5 Å². The fraction of sp³-hybridized carbons (Fsp3) is 0.231. The Balaban J connectivity index is 2.13. The smallest absolute Gasteiger partial charge is 0.375 e. The Morgan fingerprint density at radius 1 is 1.43 bits per heavy atom. The number of nitrogens with zero attached hydrogens (tertiary/aromatic N) is 2. The third-order valence-electron chi connectivity index (χ3n) is 2.76. The van der Waals surface area contributed by atoms with Crippen molar-refractivity contribution in [2.75, 3.05) is 12.8 Å². The van der Waals surface area contributed by atoms with Crippen molar-refractivity contribution in [3.05, 3.63) is 46.5 Å². The van der Waals surface area contributed by atoms with E-state index in [0.29, 0.717) is 10.4 Å². The number of thiazole rings is 1. The molecular formula is C13H12F3N3OS. The number of benzene rings is 1. The van der Waals surface area contributed by atoms with E-state index >= 15 is 0 Å². The van der Waals surface area contributed by atoms with Gasteiger partial charge in [-0.25, -0.2) is 4.98 Å². The molecule has 0 fully saturated rings. The van der Waals surface area contributed by atoms with E-state index in [1.807, 2.05) is 0 Å². The van der Waals surface area contributed by atoms with Crippen LogP contribution in [0.2, 0.25) is 0 Å². The number of aromatic nitrogens is 1. The maximum absolute atomic E-state index is 12.6. The maximum atomic E-state index is 12.6. The molecule has 1 aromatic heterocycles. The Labute approximate surface area is 123 Å². The lowest BCUT2D eigenvalue weighted by molar-refractivity contribution is -0.137. The zero-order valence-corrected chi connectivity index (χ0v) is 11.8. The van der Waals surface area contributed by atoms with Gasteiger partial charge in [-0.15, -0.1) is 0 Å². The first-order valence-corrected chi connectivity index (χ1v) is 6.72. The zero-order valence-electron chi connectivity index (χ0n) is 11.0. The van der Waals surface area contributed by atoms with Crippen molar-refractivity contribution < 1.29 is 18.0 Å². The Bertz CT molecular complexity index is 654. The van der Waals surface area contributed by atoms with Crippen LogP contribution in [0.4, 0.5) is 18.3 Å². The minimum atomic E-state index is -4.40. The van der Waals surface area contributed by atoms with Gasteiger partial charge in [0.05, 0.1) is 11.8 Å². The van der Waals surface area contributed by atoms with Gasteiger partial charge in [0.1, 0.15) is 4.88 Å². The Kier molecular flexibility index (Phi) is 4.17. The quantitative estimate of drug-likeness (QED) is 0.947. The van der Waals surface area contributed by atoms with Crippen molar-refractivity contribution >= 4 is 22.4 Å². The van der Waals surface area contributed by atoms with Crippen LogP contribution >= 0.6 is 11.3 Å². The topological polar surface area (TPSA) is 59.2 Å². The monoisotopic (exact) mass is 315 g/mol. The van der Waals surface area contributed by atoms with E-state index in [2.05, 4.69) is 4.98 Å². The number of rotatable bonds is 3. The molecule has 2 rings (SSSR count). The van der Waals surface area contributed by atoms with Gasteiger partial charge >= 0.3 is 6.18 Å². The summed E-state index contributed by atoms with van der Waals surface area (Å²) in [5.74, 6) is -0.332. The van der Waals surface area contributed by atoms with Crippen molar-refractivity contribution in [2.45, 2.75) is 12.7 Å². The van der Waals surface area contributed by atoms with Crippen LogP contribution in [0.3, 0.4) is 0 Å². The third-order valence-corrected chi connectivity index (χ3v) is 3.57. The van der Waals surface area contributed by atoms with Gasteiger partial charge < -0.3 is 10.6 Å². The van der Waals surface area contributed by atoms with Crippen LogP contribution in [0.15, 0.2) is 30.5 Å². The number of carbonyl (C=O) groups excluding carboxylic acids is 1. The predicted molar refractivity (Wildman–Crippen MR) is 73.8 cm³/mol. The summed E-state index contributed by atoms with van der Waals surface area (Å²) in [6.45, 7) is 0.0700. The number of alkyl halides is 3. The van der Waals surface area contributed by atoms with Gasteiger partial charge in [0, 0.05) is 13.6 Å². The van der Waals surface area contributed by atoms with Crippen LogP contribution in [-0.2, 0) is 12.7 Å². The molecule has 4 nitrogen and oxygen atoms in total. The molecule has 0 saturated heterocycles. The average Bonchev–Trinajstić information content (AvgIpc) is 2.84. The highest BCUT2D eigenvalue weighted by Gasteiger charge is 2.30. The normalized spacial score (nSPS) is 11.4. The van der Waals surface area contributed by atoms with Gasteiger partial charge in [-0.05, 0) is 17.7 Å². The summed E-state index contributed by atoms with van der Waals surface area (Å²) in [7, 11) is 1.51. The molecule has 2 N–H and O–H groups in total. The molecule has 0 aliphatic rings. The molecule has 0 saturated carbocycles. The highest BCUT2D eigenvalue weighted by atomic mass is 32.1. The molecule has 1 aromatic carbocycles. The highest BCUT2D eigenvalue weighted by Crippen LogP contribution is 2.29. The van der Waals surface area contributed by atoms with Gasteiger partial charge in [0.25, 0.3) is 5.91 Å². The molecule has 0 bridgehead atoms. The average molecular weight is 315 g/mol. The van der Waals surface area contributed by atoms with E-state index < -0.39 is 11.7 Å². The number of nitrogens with two attached hydrogens (primary N) is 1. The van der Waals surface area contributed by atoms with Crippen molar-refractivity contribution in [2.24, 2.45) is 0 Å². The lowest BCUT2D eigenvalue weighted by atomic mass is 10.1. The Morgan fingerprint density at radius 2 is 2.14 bits per heavy atom. The van der Waals surface area contributed by atoms with Gasteiger partial charge in [-0.1, -0.05) is 23.5 Å². The second-order valence-electron chi connectivity index (χ2n) is 4.42. The maximum Gasteiger partial charge on any atom is 0.416 e. The van der Waals surface area contributed by atoms with Crippen LogP contribution in [0.1, 0.15) is 20.8 Å². The van der Waals surface area contributed by atoms with E-state index in [4.69, 9.17) is 5.73 Å². The fourth-order valence-corrected chi connectivity index (χ4v) is 2.45. The van der Waals surface area contributed by atoms with E-state index in [9.17, 15) is 18.0 Å². The molecule has 1 amide bonds. The van der Waals surface area contributed by atoms with Gasteiger partial charge in [-0.3, -0.25) is 4.79 Å². The first-order chi connectivity index (χ1) is 9.77. The summed E-state index contributed by atoms with van der Waals surface area (Å²) in [6.07, 6.45) is -3.05. The minimum Gasteiger partial charge on any atom is -0.375 e. The molecule has 8 heteroatoms. The van der Waals surface area contributed by atoms with Gasteiger partial charge in [0.2, 0.25) is 0 Å². The number of carbonyl (C=O) groups is 1. The molecule has 0 radical (unpaired) electrons. The van der Waals surface area contributed by atoms with E-state index in [1.54, 1.807) is 6.07 Å². The van der Waals surface area contributed by atoms with Crippen molar-refractivity contribution in [3.8, 4) is 0 Å². The van der Waals surface area contributed by atoms with Gasteiger partial charge in [0.15, 0.2) is 5.13 Å². The van der Waals surface area contributed by atoms with Crippen molar-refractivity contribution in [1.29, 1.82) is 0 Å². The molecule has 21 heavy (non-hydrogen) atoms. The van der Waals surface area contributed by atoms with Crippen molar-refractivity contribution in [1.82, 2.24) is 9.88 Å². The second-order valence-corrected chi connectivity index (χ2v) is 5.48. The lowest BCUT2D eigenvalue weighted by Crippen LogP contribution is -2.25. The molecule has 0 unspecified atom stereocenters. The number of amides is 1. The first-order valence-electron chi connectivity index (χ1n) is 5.90. The first kappa shape index (κ1) is 15.3. The molecule has 2 aromatic rings. The number of hydrogen-bond acceptors (Lipinski definition) is 4.